The van der Waals surface area contributed by atoms with Crippen LogP contribution in [0.15, 0.2) is 30.3 Å². The van der Waals surface area contributed by atoms with Crippen LogP contribution < -0.4 is 5.73 Å². The summed E-state index contributed by atoms with van der Waals surface area (Å²) in [6.07, 6.45) is -2.65. The van der Waals surface area contributed by atoms with Crippen molar-refractivity contribution in [3.05, 3.63) is 35.9 Å². The van der Waals surface area contributed by atoms with Crippen LogP contribution >= 0.6 is 0 Å². The minimum Gasteiger partial charge on any atom is -0.296 e. The van der Waals surface area contributed by atoms with Gasteiger partial charge < -0.3 is 0 Å². The number of hydrogen-bond donors (Lipinski definition) is 1. The molecule has 0 bridgehead atoms. The first-order chi connectivity index (χ1) is 5.55. The van der Waals surface area contributed by atoms with Gasteiger partial charge in [-0.1, -0.05) is 30.3 Å². The average Bonchev–Trinajstić information content (AvgIpc) is 2.06. The summed E-state index contributed by atoms with van der Waals surface area (Å²) < 4.78 is 37.7. The van der Waals surface area contributed by atoms with E-state index in [4.69, 9.17) is 0 Å². The Morgan fingerprint density at radius 2 is 1.67 bits per heavy atom. The molecule has 0 amide bonds. The van der Waals surface area contributed by atoms with E-state index in [0.29, 0.717) is 0 Å². The molecule has 4 heteroatoms. The van der Waals surface area contributed by atoms with Crippen LogP contribution in [0.4, 0.5) is 13.2 Å². The number of alkyl halides is 3. The normalized spacial score (nSPS) is 14.3. The van der Waals surface area contributed by atoms with Gasteiger partial charge in [0.1, 0.15) is 0 Å². The molecule has 0 aromatic heterocycles. The fourth-order valence-electron chi connectivity index (χ4n) is 0.820. The maximum absolute atomic E-state index is 12.8. The first kappa shape index (κ1) is 9.06. The van der Waals surface area contributed by atoms with E-state index in [9.17, 15) is 13.2 Å². The molecule has 1 nitrogen and oxygen atoms in total. The molecular formula is C8H8F3N. The van der Waals surface area contributed by atoms with Gasteiger partial charge in [0.25, 0.3) is 0 Å². The number of halogens is 3. The van der Waals surface area contributed by atoms with Crippen LogP contribution in [0.5, 0.6) is 0 Å². The predicted octanol–water partition coefficient (Wildman–Crippen LogP) is 2.03. The minimum atomic E-state index is -3.60. The van der Waals surface area contributed by atoms with Gasteiger partial charge in [0.15, 0.2) is 0 Å². The Morgan fingerprint density at radius 3 is 2.08 bits per heavy atom. The molecule has 0 aliphatic carbocycles. The van der Waals surface area contributed by atoms with E-state index < -0.39 is 17.8 Å². The van der Waals surface area contributed by atoms with Crippen molar-refractivity contribution in [1.29, 1.82) is 0 Å². The number of rotatable bonds is 2. The summed E-state index contributed by atoms with van der Waals surface area (Å²) in [4.78, 5) is 0. The Hall–Kier alpha value is -1.03. The minimum absolute atomic E-state index is 0.403. The van der Waals surface area contributed by atoms with Crippen LogP contribution in [-0.2, 0) is 5.92 Å². The van der Waals surface area contributed by atoms with Crippen molar-refractivity contribution in [3.63, 3.8) is 0 Å². The Morgan fingerprint density at radius 1 is 1.17 bits per heavy atom. The van der Waals surface area contributed by atoms with E-state index >= 15 is 0 Å². The summed E-state index contributed by atoms with van der Waals surface area (Å²) in [5, 5.41) is 0. The zero-order chi connectivity index (χ0) is 9.19. The van der Waals surface area contributed by atoms with Crippen molar-refractivity contribution < 1.29 is 13.2 Å². The highest BCUT2D eigenvalue weighted by molar-refractivity contribution is 5.20. The molecule has 1 unspecified atom stereocenters. The number of nitrogens with two attached hydrogens (primary N) is 1. The Kier molecular flexibility index (Phi) is 2.38. The van der Waals surface area contributed by atoms with Crippen molar-refractivity contribution >= 4 is 0 Å². The van der Waals surface area contributed by atoms with Gasteiger partial charge >= 0.3 is 5.92 Å². The van der Waals surface area contributed by atoms with Crippen LogP contribution in [0.2, 0.25) is 0 Å². The molecule has 0 heterocycles. The molecule has 1 rings (SSSR count). The summed E-state index contributed by atoms with van der Waals surface area (Å²) in [7, 11) is 0. The standard InChI is InChI=1S/C8H8F3N/c9-7(12)8(10,11)6-4-2-1-3-5-6/h1-5,7H,12H2. The lowest BCUT2D eigenvalue weighted by atomic mass is 10.1. The van der Waals surface area contributed by atoms with Gasteiger partial charge in [-0.2, -0.15) is 8.78 Å². The fourth-order valence-corrected chi connectivity index (χ4v) is 0.820. The van der Waals surface area contributed by atoms with Crippen LogP contribution in [0.25, 0.3) is 0 Å². The van der Waals surface area contributed by atoms with E-state index in [1.165, 1.54) is 12.1 Å². The number of hydrogen-bond acceptors (Lipinski definition) is 1. The topological polar surface area (TPSA) is 26.0 Å². The maximum atomic E-state index is 12.8. The van der Waals surface area contributed by atoms with E-state index in [2.05, 4.69) is 5.73 Å². The molecule has 0 aliphatic heterocycles. The summed E-state index contributed by atoms with van der Waals surface area (Å²) in [5.41, 5.74) is 4.08. The summed E-state index contributed by atoms with van der Waals surface area (Å²) in [6, 6.07) is 6.67. The summed E-state index contributed by atoms with van der Waals surface area (Å²) in [6.45, 7) is 0. The van der Waals surface area contributed by atoms with Gasteiger partial charge in [-0.05, 0) is 0 Å². The highest BCUT2D eigenvalue weighted by atomic mass is 19.3. The quantitative estimate of drug-likeness (QED) is 0.684. The third-order valence-electron chi connectivity index (χ3n) is 1.51. The van der Waals surface area contributed by atoms with Crippen molar-refractivity contribution in [2.45, 2.75) is 12.2 Å². The first-order valence-corrected chi connectivity index (χ1v) is 3.38. The molecule has 0 aliphatic rings. The Balaban J connectivity index is 2.98. The molecule has 1 atom stereocenters. The maximum Gasteiger partial charge on any atom is 0.316 e. The second-order valence-corrected chi connectivity index (χ2v) is 2.39. The van der Waals surface area contributed by atoms with Crippen molar-refractivity contribution in [2.24, 2.45) is 5.73 Å². The van der Waals surface area contributed by atoms with E-state index in [-0.39, 0.29) is 0 Å². The monoisotopic (exact) mass is 175 g/mol. The first-order valence-electron chi connectivity index (χ1n) is 3.38. The largest absolute Gasteiger partial charge is 0.316 e. The van der Waals surface area contributed by atoms with Gasteiger partial charge in [0.2, 0.25) is 6.30 Å². The van der Waals surface area contributed by atoms with Gasteiger partial charge in [-0.25, -0.2) is 4.39 Å². The van der Waals surface area contributed by atoms with Gasteiger partial charge in [-0.15, -0.1) is 0 Å². The third-order valence-corrected chi connectivity index (χ3v) is 1.51. The van der Waals surface area contributed by atoms with Crippen molar-refractivity contribution in [1.82, 2.24) is 0 Å². The van der Waals surface area contributed by atoms with Gasteiger partial charge in [0, 0.05) is 5.56 Å². The van der Waals surface area contributed by atoms with E-state index in [1.807, 2.05) is 0 Å². The number of benzene rings is 1. The second-order valence-electron chi connectivity index (χ2n) is 2.39. The zero-order valence-electron chi connectivity index (χ0n) is 6.18. The van der Waals surface area contributed by atoms with Crippen molar-refractivity contribution in [2.75, 3.05) is 0 Å². The molecule has 0 saturated heterocycles. The van der Waals surface area contributed by atoms with Crippen LogP contribution in [0, 0.1) is 0 Å². The van der Waals surface area contributed by atoms with Crippen LogP contribution in [-0.4, -0.2) is 6.30 Å². The average molecular weight is 175 g/mol. The van der Waals surface area contributed by atoms with Crippen LogP contribution in [0.1, 0.15) is 5.56 Å². The fraction of sp³-hybridized carbons (Fsp3) is 0.250. The molecule has 66 valence electrons. The van der Waals surface area contributed by atoms with Crippen LogP contribution in [0.3, 0.4) is 0 Å². The molecule has 0 saturated carbocycles. The lowest BCUT2D eigenvalue weighted by Crippen LogP contribution is -2.34. The summed E-state index contributed by atoms with van der Waals surface area (Å²) in [5.74, 6) is -3.60. The third kappa shape index (κ3) is 1.58. The highest BCUT2D eigenvalue weighted by Crippen LogP contribution is 2.30. The molecule has 1 aromatic carbocycles. The van der Waals surface area contributed by atoms with Crippen molar-refractivity contribution in [3.8, 4) is 0 Å². The SMILES string of the molecule is NC(F)C(F)(F)c1ccccc1. The lowest BCUT2D eigenvalue weighted by Gasteiger charge is -2.17. The molecule has 0 spiro atoms. The zero-order valence-corrected chi connectivity index (χ0v) is 6.18. The van der Waals surface area contributed by atoms with E-state index in [0.717, 1.165) is 12.1 Å². The Bertz CT molecular complexity index is 246. The molecule has 0 radical (unpaired) electrons. The summed E-state index contributed by atoms with van der Waals surface area (Å²) >= 11 is 0. The highest BCUT2D eigenvalue weighted by Gasteiger charge is 2.39. The molecular weight excluding hydrogens is 167 g/mol. The lowest BCUT2D eigenvalue weighted by molar-refractivity contribution is -0.0762. The predicted molar refractivity (Wildman–Crippen MR) is 39.4 cm³/mol. The molecule has 12 heavy (non-hydrogen) atoms. The molecule has 0 fully saturated rings. The second kappa shape index (κ2) is 3.15. The van der Waals surface area contributed by atoms with E-state index in [1.54, 1.807) is 6.07 Å². The Labute approximate surface area is 68.0 Å². The molecule has 2 N–H and O–H groups in total. The van der Waals surface area contributed by atoms with Gasteiger partial charge in [0.05, 0.1) is 0 Å². The smallest absolute Gasteiger partial charge is 0.296 e. The van der Waals surface area contributed by atoms with Gasteiger partial charge in [-0.3, -0.25) is 5.73 Å². The molecule has 1 aromatic rings.